The van der Waals surface area contributed by atoms with Crippen molar-refractivity contribution in [2.24, 2.45) is 5.73 Å². The Bertz CT molecular complexity index is 721. The molecule has 1 aliphatic rings. The van der Waals surface area contributed by atoms with Crippen molar-refractivity contribution in [3.63, 3.8) is 0 Å². The van der Waals surface area contributed by atoms with Crippen LogP contribution in [0.2, 0.25) is 0 Å². The first-order valence-corrected chi connectivity index (χ1v) is 8.12. The van der Waals surface area contributed by atoms with Crippen LogP contribution < -0.4 is 15.4 Å². The van der Waals surface area contributed by atoms with E-state index in [0.717, 1.165) is 5.56 Å². The van der Waals surface area contributed by atoms with Crippen molar-refractivity contribution in [2.45, 2.75) is 31.8 Å². The van der Waals surface area contributed by atoms with Gasteiger partial charge >= 0.3 is 0 Å². The highest BCUT2D eigenvalue weighted by Crippen LogP contribution is 2.36. The first-order valence-electron chi connectivity index (χ1n) is 8.12. The van der Waals surface area contributed by atoms with Crippen LogP contribution >= 0.6 is 0 Å². The van der Waals surface area contributed by atoms with Crippen molar-refractivity contribution in [1.29, 1.82) is 0 Å². The highest BCUT2D eigenvalue weighted by molar-refractivity contribution is 5.96. The topological polar surface area (TPSA) is 55.6 Å². The molecule has 1 amide bonds. The van der Waals surface area contributed by atoms with Gasteiger partial charge in [0.05, 0.1) is 12.3 Å². The van der Waals surface area contributed by atoms with Gasteiger partial charge in [0.2, 0.25) is 5.91 Å². The number of halogens is 1. The Balaban J connectivity index is 1.87. The second kappa shape index (κ2) is 7.01. The zero-order valence-corrected chi connectivity index (χ0v) is 13.6. The minimum atomic E-state index is -0.452. The molecule has 4 nitrogen and oxygen atoms in total. The molecule has 1 aliphatic heterocycles. The van der Waals surface area contributed by atoms with Gasteiger partial charge in [0.25, 0.3) is 0 Å². The summed E-state index contributed by atoms with van der Waals surface area (Å²) >= 11 is 0. The largest absolute Gasteiger partial charge is 0.488 e. The lowest BCUT2D eigenvalue weighted by atomic mass is 10.0. The highest BCUT2D eigenvalue weighted by atomic mass is 19.1. The number of rotatable bonds is 3. The van der Waals surface area contributed by atoms with E-state index >= 15 is 0 Å². The Morgan fingerprint density at radius 1 is 1.29 bits per heavy atom. The minimum Gasteiger partial charge on any atom is -0.488 e. The number of carbonyl (C=O) groups excluding carboxylic acids is 1. The van der Waals surface area contributed by atoms with Gasteiger partial charge in [-0.1, -0.05) is 36.4 Å². The fourth-order valence-corrected chi connectivity index (χ4v) is 3.01. The van der Waals surface area contributed by atoms with E-state index in [1.807, 2.05) is 37.3 Å². The number of benzene rings is 2. The summed E-state index contributed by atoms with van der Waals surface area (Å²) in [4.78, 5) is 14.5. The molecule has 0 spiro atoms. The molecule has 126 valence electrons. The third kappa shape index (κ3) is 3.26. The first-order chi connectivity index (χ1) is 11.6. The highest BCUT2D eigenvalue weighted by Gasteiger charge is 2.30. The summed E-state index contributed by atoms with van der Waals surface area (Å²) in [7, 11) is 0. The van der Waals surface area contributed by atoms with Crippen LogP contribution in [0, 0.1) is 5.82 Å². The lowest BCUT2D eigenvalue weighted by molar-refractivity contribution is -0.119. The number of para-hydroxylation sites is 1. The van der Waals surface area contributed by atoms with Gasteiger partial charge in [-0.05, 0) is 24.6 Å². The molecule has 2 atom stereocenters. The van der Waals surface area contributed by atoms with Crippen LogP contribution in [-0.4, -0.2) is 18.6 Å². The lowest BCUT2D eigenvalue weighted by Gasteiger charge is -2.28. The zero-order valence-electron chi connectivity index (χ0n) is 13.6. The SMILES string of the molecule is C[C@H]1CCOc2c(F)cccc2N1C(=O)C[C@H](N)c1ccccc1. The van der Waals surface area contributed by atoms with Crippen LogP contribution in [0.15, 0.2) is 48.5 Å². The number of fused-ring (bicyclic) bond motifs is 1. The van der Waals surface area contributed by atoms with Gasteiger partial charge in [-0.2, -0.15) is 0 Å². The van der Waals surface area contributed by atoms with Gasteiger partial charge < -0.3 is 15.4 Å². The first kappa shape index (κ1) is 16.5. The fraction of sp³-hybridized carbons (Fsp3) is 0.316. The van der Waals surface area contributed by atoms with Crippen LogP contribution in [0.5, 0.6) is 5.75 Å². The van der Waals surface area contributed by atoms with Crippen molar-refractivity contribution in [2.75, 3.05) is 11.5 Å². The van der Waals surface area contributed by atoms with E-state index in [-0.39, 0.29) is 24.1 Å². The van der Waals surface area contributed by atoms with E-state index < -0.39 is 11.9 Å². The number of amides is 1. The normalized spacial score (nSPS) is 18.3. The molecular weight excluding hydrogens is 307 g/mol. The van der Waals surface area contributed by atoms with E-state index in [1.54, 1.807) is 17.0 Å². The molecule has 2 aromatic rings. The summed E-state index contributed by atoms with van der Waals surface area (Å²) in [6.07, 6.45) is 0.796. The van der Waals surface area contributed by atoms with Crippen LogP contribution in [0.1, 0.15) is 31.4 Å². The van der Waals surface area contributed by atoms with E-state index in [0.29, 0.717) is 18.7 Å². The quantitative estimate of drug-likeness (QED) is 0.939. The molecule has 0 saturated heterocycles. The number of ether oxygens (including phenoxy) is 1. The van der Waals surface area contributed by atoms with Crippen LogP contribution in [0.3, 0.4) is 0 Å². The number of nitrogens with zero attached hydrogens (tertiary/aromatic N) is 1. The number of nitrogens with two attached hydrogens (primary N) is 1. The molecule has 2 N–H and O–H groups in total. The fourth-order valence-electron chi connectivity index (χ4n) is 3.01. The Hall–Kier alpha value is -2.40. The summed E-state index contributed by atoms with van der Waals surface area (Å²) in [5.74, 6) is -0.438. The predicted octanol–water partition coefficient (Wildman–Crippen LogP) is 3.42. The van der Waals surface area contributed by atoms with Crippen molar-refractivity contribution in [1.82, 2.24) is 0 Å². The average molecular weight is 328 g/mol. The summed E-state index contributed by atoms with van der Waals surface area (Å²) in [6.45, 7) is 2.32. The molecule has 0 radical (unpaired) electrons. The Morgan fingerprint density at radius 3 is 2.79 bits per heavy atom. The summed E-state index contributed by atoms with van der Waals surface area (Å²) < 4.78 is 19.6. The predicted molar refractivity (Wildman–Crippen MR) is 91.4 cm³/mol. The van der Waals surface area contributed by atoms with Crippen LogP contribution in [-0.2, 0) is 4.79 Å². The van der Waals surface area contributed by atoms with Crippen molar-refractivity contribution < 1.29 is 13.9 Å². The summed E-state index contributed by atoms with van der Waals surface area (Å²) in [5.41, 5.74) is 7.57. The van der Waals surface area contributed by atoms with Crippen molar-refractivity contribution in [3.8, 4) is 5.75 Å². The summed E-state index contributed by atoms with van der Waals surface area (Å²) in [5, 5.41) is 0. The minimum absolute atomic E-state index is 0.0801. The van der Waals surface area contributed by atoms with Crippen LogP contribution in [0.4, 0.5) is 10.1 Å². The van der Waals surface area contributed by atoms with E-state index in [4.69, 9.17) is 10.5 Å². The number of carbonyl (C=O) groups is 1. The molecule has 0 bridgehead atoms. The molecule has 5 heteroatoms. The number of anilines is 1. The molecule has 0 unspecified atom stereocenters. The van der Waals surface area contributed by atoms with Gasteiger partial charge in [0.15, 0.2) is 11.6 Å². The van der Waals surface area contributed by atoms with Crippen molar-refractivity contribution >= 4 is 11.6 Å². The maximum Gasteiger partial charge on any atom is 0.229 e. The monoisotopic (exact) mass is 328 g/mol. The third-order valence-corrected chi connectivity index (χ3v) is 4.32. The third-order valence-electron chi connectivity index (χ3n) is 4.32. The average Bonchev–Trinajstić information content (AvgIpc) is 2.75. The second-order valence-corrected chi connectivity index (χ2v) is 6.06. The Labute approximate surface area is 141 Å². The number of hydrogen-bond acceptors (Lipinski definition) is 3. The molecule has 2 aromatic carbocycles. The molecule has 0 aromatic heterocycles. The summed E-state index contributed by atoms with van der Waals surface area (Å²) in [6, 6.07) is 13.7. The van der Waals surface area contributed by atoms with E-state index in [9.17, 15) is 9.18 Å². The molecular formula is C19H21FN2O2. The Morgan fingerprint density at radius 2 is 2.04 bits per heavy atom. The molecule has 1 heterocycles. The molecule has 0 fully saturated rings. The van der Waals surface area contributed by atoms with Crippen LogP contribution in [0.25, 0.3) is 0 Å². The van der Waals surface area contributed by atoms with E-state index in [2.05, 4.69) is 0 Å². The maximum absolute atomic E-state index is 14.1. The smallest absolute Gasteiger partial charge is 0.229 e. The number of hydrogen-bond donors (Lipinski definition) is 1. The molecule has 3 rings (SSSR count). The standard InChI is InChI=1S/C19H21FN2O2/c1-13-10-11-24-19-15(20)8-5-9-17(19)22(13)18(23)12-16(21)14-6-3-2-4-7-14/h2-9,13,16H,10-12,21H2,1H3/t13-,16-/m0/s1. The second-order valence-electron chi connectivity index (χ2n) is 6.06. The lowest BCUT2D eigenvalue weighted by Crippen LogP contribution is -2.39. The Kier molecular flexibility index (Phi) is 4.81. The van der Waals surface area contributed by atoms with Gasteiger partial charge in [-0.15, -0.1) is 0 Å². The molecule has 0 saturated carbocycles. The van der Waals surface area contributed by atoms with Crippen molar-refractivity contribution in [3.05, 3.63) is 59.9 Å². The molecule has 0 aliphatic carbocycles. The van der Waals surface area contributed by atoms with Gasteiger partial charge in [0, 0.05) is 24.9 Å². The van der Waals surface area contributed by atoms with E-state index in [1.165, 1.54) is 6.07 Å². The maximum atomic E-state index is 14.1. The zero-order chi connectivity index (χ0) is 17.1. The van der Waals surface area contributed by atoms with Gasteiger partial charge in [0.1, 0.15) is 0 Å². The molecule has 24 heavy (non-hydrogen) atoms. The van der Waals surface area contributed by atoms with Gasteiger partial charge in [-0.3, -0.25) is 4.79 Å². The van der Waals surface area contributed by atoms with Gasteiger partial charge in [-0.25, -0.2) is 4.39 Å².